The molecule has 0 spiro atoms. The fraction of sp³-hybridized carbons (Fsp3) is 0.364. The van der Waals surface area contributed by atoms with Gasteiger partial charge in [0, 0.05) is 17.8 Å². The second kappa shape index (κ2) is 8.87. The smallest absolute Gasteiger partial charge is 0.253 e. The number of hydrogen-bond acceptors (Lipinski definition) is 7. The Kier molecular flexibility index (Phi) is 6.03. The molecule has 0 saturated heterocycles. The summed E-state index contributed by atoms with van der Waals surface area (Å²) in [6, 6.07) is 9.85. The summed E-state index contributed by atoms with van der Waals surface area (Å²) in [5.41, 5.74) is 4.66. The van der Waals surface area contributed by atoms with Crippen LogP contribution < -0.4 is 0 Å². The molecule has 3 heterocycles. The third-order valence-electron chi connectivity index (χ3n) is 5.07. The van der Waals surface area contributed by atoms with Gasteiger partial charge in [0.05, 0.1) is 11.4 Å². The van der Waals surface area contributed by atoms with Crippen molar-refractivity contribution >= 4 is 11.8 Å². The number of rotatable bonds is 8. The average Bonchev–Trinajstić information content (AvgIpc) is 3.44. The molecule has 0 radical (unpaired) electrons. The molecule has 4 aromatic rings. The number of hydrogen-bond donors (Lipinski definition) is 0. The Morgan fingerprint density at radius 3 is 2.63 bits per heavy atom. The van der Waals surface area contributed by atoms with Crippen LogP contribution in [0.4, 0.5) is 0 Å². The second-order valence-corrected chi connectivity index (χ2v) is 8.13. The highest BCUT2D eigenvalue weighted by Gasteiger charge is 2.22. The third kappa shape index (κ3) is 4.05. The maximum absolute atomic E-state index is 5.97. The van der Waals surface area contributed by atoms with E-state index in [0.29, 0.717) is 29.0 Å². The van der Waals surface area contributed by atoms with E-state index < -0.39 is 0 Å². The van der Waals surface area contributed by atoms with Crippen LogP contribution in [0.2, 0.25) is 0 Å². The van der Waals surface area contributed by atoms with Crippen molar-refractivity contribution < 1.29 is 8.94 Å². The van der Waals surface area contributed by atoms with Crippen molar-refractivity contribution in [3.8, 4) is 22.7 Å². The minimum atomic E-state index is 0.421. The van der Waals surface area contributed by atoms with Gasteiger partial charge in [0.2, 0.25) is 5.89 Å². The highest BCUT2D eigenvalue weighted by molar-refractivity contribution is 7.98. The standard InChI is InChI=1S/C22H25N5O2S/c1-5-6-12-27-15(3)14(2)23-22(27)30-13-18-24-25-21(28-18)19-16(4)29-26-20(19)17-10-8-7-9-11-17/h7-11H,5-6,12-13H2,1-4H3. The van der Waals surface area contributed by atoms with E-state index >= 15 is 0 Å². The van der Waals surface area contributed by atoms with E-state index in [0.717, 1.165) is 41.4 Å². The van der Waals surface area contributed by atoms with E-state index in [1.54, 1.807) is 11.8 Å². The molecule has 3 aromatic heterocycles. The Bertz CT molecular complexity index is 1130. The molecule has 0 fully saturated rings. The average molecular weight is 424 g/mol. The van der Waals surface area contributed by atoms with Crippen LogP contribution >= 0.6 is 11.8 Å². The molecule has 0 amide bonds. The van der Waals surface area contributed by atoms with Crippen molar-refractivity contribution in [3.05, 3.63) is 53.4 Å². The Morgan fingerprint density at radius 1 is 1.07 bits per heavy atom. The van der Waals surface area contributed by atoms with Gasteiger partial charge in [0.1, 0.15) is 17.0 Å². The molecule has 0 aliphatic rings. The highest BCUT2D eigenvalue weighted by Crippen LogP contribution is 2.34. The SMILES string of the molecule is CCCCn1c(SCc2nnc(-c3c(-c4ccccc4)noc3C)o2)nc(C)c1C. The largest absolute Gasteiger partial charge is 0.420 e. The molecule has 0 aliphatic heterocycles. The van der Waals surface area contributed by atoms with Crippen LogP contribution in [0.3, 0.4) is 0 Å². The van der Waals surface area contributed by atoms with Gasteiger partial charge in [0.25, 0.3) is 5.89 Å². The normalized spacial score (nSPS) is 11.3. The van der Waals surface area contributed by atoms with Gasteiger partial charge in [-0.1, -0.05) is 60.6 Å². The van der Waals surface area contributed by atoms with E-state index in [1.165, 1.54) is 5.69 Å². The summed E-state index contributed by atoms with van der Waals surface area (Å²) >= 11 is 1.62. The second-order valence-electron chi connectivity index (χ2n) is 7.19. The van der Waals surface area contributed by atoms with Crippen LogP contribution in [0.5, 0.6) is 0 Å². The molecule has 4 rings (SSSR count). The van der Waals surface area contributed by atoms with Crippen molar-refractivity contribution in [2.75, 3.05) is 0 Å². The maximum atomic E-state index is 5.97. The van der Waals surface area contributed by atoms with Gasteiger partial charge in [0.15, 0.2) is 5.16 Å². The molecule has 156 valence electrons. The van der Waals surface area contributed by atoms with E-state index in [1.807, 2.05) is 44.2 Å². The first kappa shape index (κ1) is 20.4. The van der Waals surface area contributed by atoms with Gasteiger partial charge >= 0.3 is 0 Å². The molecule has 0 unspecified atom stereocenters. The number of aromatic nitrogens is 5. The molecule has 0 aliphatic carbocycles. The Morgan fingerprint density at radius 2 is 1.87 bits per heavy atom. The Balaban J connectivity index is 1.54. The minimum Gasteiger partial charge on any atom is -0.420 e. The van der Waals surface area contributed by atoms with E-state index in [4.69, 9.17) is 13.9 Å². The van der Waals surface area contributed by atoms with Crippen molar-refractivity contribution in [2.24, 2.45) is 0 Å². The van der Waals surface area contributed by atoms with Gasteiger partial charge in [-0.2, -0.15) is 0 Å². The van der Waals surface area contributed by atoms with Gasteiger partial charge < -0.3 is 13.5 Å². The van der Waals surface area contributed by atoms with Gasteiger partial charge in [-0.3, -0.25) is 0 Å². The molecule has 1 aromatic carbocycles. The minimum absolute atomic E-state index is 0.421. The van der Waals surface area contributed by atoms with Gasteiger partial charge in [-0.05, 0) is 27.2 Å². The molecule has 30 heavy (non-hydrogen) atoms. The maximum Gasteiger partial charge on any atom is 0.253 e. The molecule has 0 N–H and O–H groups in total. The van der Waals surface area contributed by atoms with Crippen LogP contribution in [0.1, 0.15) is 42.8 Å². The topological polar surface area (TPSA) is 82.8 Å². The molecule has 0 atom stereocenters. The quantitative estimate of drug-likeness (QED) is 0.341. The number of benzene rings is 1. The van der Waals surface area contributed by atoms with Crippen molar-refractivity contribution in [2.45, 2.75) is 58.0 Å². The fourth-order valence-electron chi connectivity index (χ4n) is 3.27. The number of unbranched alkanes of at least 4 members (excludes halogenated alkanes) is 1. The zero-order chi connectivity index (χ0) is 21.1. The summed E-state index contributed by atoms with van der Waals surface area (Å²) in [6.07, 6.45) is 2.28. The first-order valence-corrected chi connectivity index (χ1v) is 11.1. The zero-order valence-electron chi connectivity index (χ0n) is 17.7. The number of nitrogens with zero attached hydrogens (tertiary/aromatic N) is 5. The molecule has 8 heteroatoms. The van der Waals surface area contributed by atoms with E-state index in [-0.39, 0.29) is 0 Å². The third-order valence-corrected chi connectivity index (χ3v) is 6.03. The summed E-state index contributed by atoms with van der Waals surface area (Å²) in [7, 11) is 0. The highest BCUT2D eigenvalue weighted by atomic mass is 32.2. The van der Waals surface area contributed by atoms with Crippen LogP contribution in [0, 0.1) is 20.8 Å². The molecule has 0 bridgehead atoms. The summed E-state index contributed by atoms with van der Waals surface area (Å²) in [5, 5.41) is 13.7. The summed E-state index contributed by atoms with van der Waals surface area (Å²) in [5.74, 6) is 2.18. The zero-order valence-corrected chi connectivity index (χ0v) is 18.5. The first-order chi connectivity index (χ1) is 14.6. The molecule has 7 nitrogen and oxygen atoms in total. The summed E-state index contributed by atoms with van der Waals surface area (Å²) in [6.45, 7) is 9.19. The molecular weight excluding hydrogens is 398 g/mol. The van der Waals surface area contributed by atoms with Crippen molar-refractivity contribution in [3.63, 3.8) is 0 Å². The summed E-state index contributed by atoms with van der Waals surface area (Å²) in [4.78, 5) is 4.71. The predicted molar refractivity (Wildman–Crippen MR) is 116 cm³/mol. The lowest BCUT2D eigenvalue weighted by Gasteiger charge is -2.08. The van der Waals surface area contributed by atoms with Crippen molar-refractivity contribution in [1.82, 2.24) is 24.9 Å². The number of imidazole rings is 1. The summed E-state index contributed by atoms with van der Waals surface area (Å²) < 4.78 is 13.7. The lowest BCUT2D eigenvalue weighted by molar-refractivity contribution is 0.399. The Hall–Kier alpha value is -2.87. The monoisotopic (exact) mass is 423 g/mol. The van der Waals surface area contributed by atoms with Crippen LogP contribution in [0.15, 0.2) is 44.4 Å². The first-order valence-electron chi connectivity index (χ1n) is 10.1. The fourth-order valence-corrected chi connectivity index (χ4v) is 4.22. The Labute approximate surface area is 179 Å². The van der Waals surface area contributed by atoms with Crippen molar-refractivity contribution in [1.29, 1.82) is 0 Å². The van der Waals surface area contributed by atoms with E-state index in [2.05, 4.69) is 33.8 Å². The van der Waals surface area contributed by atoms with E-state index in [9.17, 15) is 0 Å². The number of thioether (sulfide) groups is 1. The van der Waals surface area contributed by atoms with Crippen LogP contribution in [-0.4, -0.2) is 24.9 Å². The lowest BCUT2D eigenvalue weighted by atomic mass is 10.1. The lowest BCUT2D eigenvalue weighted by Crippen LogP contribution is -2.02. The van der Waals surface area contributed by atoms with Gasteiger partial charge in [-0.15, -0.1) is 10.2 Å². The number of aryl methyl sites for hydroxylation is 2. The van der Waals surface area contributed by atoms with Crippen LogP contribution in [0.25, 0.3) is 22.7 Å². The van der Waals surface area contributed by atoms with Gasteiger partial charge in [-0.25, -0.2) is 4.98 Å². The molecular formula is C22H25N5O2S. The van der Waals surface area contributed by atoms with Crippen LogP contribution in [-0.2, 0) is 12.3 Å². The molecule has 0 saturated carbocycles. The predicted octanol–water partition coefficient (Wildman–Crippen LogP) is 5.61.